The van der Waals surface area contributed by atoms with E-state index in [1.54, 1.807) is 21.3 Å². The second kappa shape index (κ2) is 8.31. The van der Waals surface area contributed by atoms with Crippen LogP contribution < -0.4 is 4.74 Å². The number of hydrogen-bond acceptors (Lipinski definition) is 5. The second-order valence-corrected chi connectivity index (χ2v) is 8.14. The number of aryl methyl sites for hydroxylation is 1. The third-order valence-corrected chi connectivity index (χ3v) is 4.88. The van der Waals surface area contributed by atoms with E-state index in [0.29, 0.717) is 56.1 Å². The largest absolute Gasteiger partial charge is 0.493 e. The van der Waals surface area contributed by atoms with E-state index in [0.717, 1.165) is 5.69 Å². The second-order valence-electron chi connectivity index (χ2n) is 8.14. The smallest absolute Gasteiger partial charge is 0.410 e. The first-order valence-electron chi connectivity index (χ1n) is 10.1. The summed E-state index contributed by atoms with van der Waals surface area (Å²) in [5, 5.41) is 0. The fraction of sp³-hybridized carbons (Fsp3) is 0.571. The number of carbonyl (C=O) groups excluding carboxylic acids is 2. The van der Waals surface area contributed by atoms with Crippen LogP contribution in [-0.2, 0) is 11.2 Å². The van der Waals surface area contributed by atoms with Crippen molar-refractivity contribution in [3.63, 3.8) is 0 Å². The van der Waals surface area contributed by atoms with Crippen molar-refractivity contribution in [2.75, 3.05) is 33.3 Å². The molecule has 0 saturated carbocycles. The topological polar surface area (TPSA) is 76.4 Å². The number of nitrogens with zero attached hydrogens (tertiary/aromatic N) is 4. The number of methoxy groups -OCH3 is 1. The van der Waals surface area contributed by atoms with Crippen LogP contribution >= 0.6 is 0 Å². The molecule has 2 aromatic rings. The molecule has 0 spiro atoms. The van der Waals surface area contributed by atoms with Crippen LogP contribution in [0.4, 0.5) is 4.79 Å². The zero-order chi connectivity index (χ0) is 21.2. The first-order valence-corrected chi connectivity index (χ1v) is 10.1. The van der Waals surface area contributed by atoms with Gasteiger partial charge in [0.15, 0.2) is 11.4 Å². The van der Waals surface area contributed by atoms with Gasteiger partial charge in [0.1, 0.15) is 11.3 Å². The molecular formula is C21H30N4O4. The van der Waals surface area contributed by atoms with Gasteiger partial charge >= 0.3 is 6.09 Å². The number of hydrogen-bond donors (Lipinski definition) is 0. The van der Waals surface area contributed by atoms with Gasteiger partial charge in [-0.05, 0) is 45.7 Å². The first-order chi connectivity index (χ1) is 13.7. The van der Waals surface area contributed by atoms with Gasteiger partial charge in [-0.1, -0.05) is 6.92 Å². The van der Waals surface area contributed by atoms with Gasteiger partial charge in [0.05, 0.1) is 12.8 Å². The van der Waals surface area contributed by atoms with Crippen molar-refractivity contribution in [3.8, 4) is 5.75 Å². The molecule has 0 aromatic carbocycles. The summed E-state index contributed by atoms with van der Waals surface area (Å²) in [7, 11) is 1.59. The maximum atomic E-state index is 13.4. The zero-order valence-corrected chi connectivity index (χ0v) is 17.9. The predicted molar refractivity (Wildman–Crippen MR) is 109 cm³/mol. The molecule has 1 aliphatic heterocycles. The number of fused-ring (bicyclic) bond motifs is 1. The molecule has 1 aliphatic rings. The molecule has 8 heteroatoms. The summed E-state index contributed by atoms with van der Waals surface area (Å²) in [6.45, 7) is 9.59. The molecule has 0 radical (unpaired) electrons. The molecule has 8 nitrogen and oxygen atoms in total. The summed E-state index contributed by atoms with van der Waals surface area (Å²) in [6, 6.07) is 3.68. The van der Waals surface area contributed by atoms with E-state index >= 15 is 0 Å². The zero-order valence-electron chi connectivity index (χ0n) is 17.9. The Morgan fingerprint density at radius 2 is 1.83 bits per heavy atom. The number of pyridine rings is 1. The van der Waals surface area contributed by atoms with Crippen LogP contribution in [0.15, 0.2) is 18.3 Å². The van der Waals surface area contributed by atoms with Crippen LogP contribution in [0.2, 0.25) is 0 Å². The fourth-order valence-corrected chi connectivity index (χ4v) is 3.50. The highest BCUT2D eigenvalue weighted by molar-refractivity contribution is 5.95. The molecule has 3 heterocycles. The highest BCUT2D eigenvalue weighted by Gasteiger charge is 2.29. The number of carbonyl (C=O) groups is 2. The van der Waals surface area contributed by atoms with E-state index in [1.807, 2.05) is 46.0 Å². The van der Waals surface area contributed by atoms with E-state index < -0.39 is 5.60 Å². The molecule has 0 unspecified atom stereocenters. The van der Waals surface area contributed by atoms with Gasteiger partial charge in [-0.2, -0.15) is 0 Å². The molecule has 3 rings (SSSR count). The third-order valence-electron chi connectivity index (χ3n) is 4.88. The Balaban J connectivity index is 1.82. The number of aromatic nitrogens is 2. The number of amides is 2. The Morgan fingerprint density at radius 1 is 1.14 bits per heavy atom. The summed E-state index contributed by atoms with van der Waals surface area (Å²) in [5.74, 6) is 0.557. The molecule has 0 bridgehead atoms. The minimum absolute atomic E-state index is 0.0753. The van der Waals surface area contributed by atoms with Gasteiger partial charge in [-0.25, -0.2) is 9.78 Å². The Hall–Kier alpha value is -2.77. The van der Waals surface area contributed by atoms with Gasteiger partial charge in [0.25, 0.3) is 5.91 Å². The van der Waals surface area contributed by atoms with E-state index in [1.165, 1.54) is 0 Å². The average molecular weight is 402 g/mol. The maximum Gasteiger partial charge on any atom is 0.410 e. The van der Waals surface area contributed by atoms with E-state index in [9.17, 15) is 9.59 Å². The number of ether oxygens (including phenoxy) is 2. The third kappa shape index (κ3) is 4.46. The first kappa shape index (κ1) is 21.0. The highest BCUT2D eigenvalue weighted by atomic mass is 16.6. The van der Waals surface area contributed by atoms with E-state index in [4.69, 9.17) is 9.47 Å². The van der Waals surface area contributed by atoms with Crippen molar-refractivity contribution < 1.29 is 19.1 Å². The average Bonchev–Trinajstić information content (AvgIpc) is 2.87. The van der Waals surface area contributed by atoms with Crippen LogP contribution in [0.3, 0.4) is 0 Å². The summed E-state index contributed by atoms with van der Waals surface area (Å²) in [4.78, 5) is 33.9. The minimum atomic E-state index is -0.537. The number of rotatable bonds is 3. The Kier molecular flexibility index (Phi) is 6.00. The monoisotopic (exact) mass is 402 g/mol. The molecule has 1 saturated heterocycles. The lowest BCUT2D eigenvalue weighted by molar-refractivity contribution is 0.0255. The minimum Gasteiger partial charge on any atom is -0.493 e. The normalized spacial score (nSPS) is 15.3. The van der Waals surface area contributed by atoms with Crippen LogP contribution in [0.5, 0.6) is 5.75 Å². The predicted octanol–water partition coefficient (Wildman–Crippen LogP) is 2.99. The Labute approximate surface area is 171 Å². The van der Waals surface area contributed by atoms with Crippen molar-refractivity contribution >= 4 is 17.6 Å². The molecule has 2 aromatic heterocycles. The molecule has 158 valence electrons. The van der Waals surface area contributed by atoms with Crippen molar-refractivity contribution in [2.45, 2.75) is 46.1 Å². The van der Waals surface area contributed by atoms with E-state index in [-0.39, 0.29) is 12.0 Å². The molecule has 0 atom stereocenters. The van der Waals surface area contributed by atoms with Crippen LogP contribution in [0, 0.1) is 0 Å². The van der Waals surface area contributed by atoms with Crippen LogP contribution in [0.1, 0.15) is 50.3 Å². The SMILES string of the molecule is CCc1nc2c(OC)cccn2c1C(=O)N1CCCN(C(=O)OC(C)(C)C)CC1. The van der Waals surface area contributed by atoms with Crippen LogP contribution in [0.25, 0.3) is 5.65 Å². The molecule has 2 amide bonds. The summed E-state index contributed by atoms with van der Waals surface area (Å²) < 4.78 is 12.7. The fourth-order valence-electron chi connectivity index (χ4n) is 3.50. The standard InChI is InChI=1S/C21H30N4O4/c1-6-15-17(25-12-7-9-16(28-5)18(25)22-15)19(26)23-10-8-11-24(14-13-23)20(27)29-21(2,3)4/h7,9,12H,6,8,10-11,13-14H2,1-5H3. The molecule has 1 fully saturated rings. The van der Waals surface area contributed by atoms with Crippen molar-refractivity contribution in [3.05, 3.63) is 29.7 Å². The lowest BCUT2D eigenvalue weighted by atomic mass is 10.2. The summed E-state index contributed by atoms with van der Waals surface area (Å²) in [5.41, 5.74) is 1.41. The lowest BCUT2D eigenvalue weighted by Crippen LogP contribution is -2.40. The van der Waals surface area contributed by atoms with Gasteiger partial charge in [-0.15, -0.1) is 0 Å². The van der Waals surface area contributed by atoms with E-state index in [2.05, 4.69) is 4.98 Å². The van der Waals surface area contributed by atoms with Gasteiger partial charge < -0.3 is 19.3 Å². The maximum absolute atomic E-state index is 13.4. The van der Waals surface area contributed by atoms with Crippen molar-refractivity contribution in [1.29, 1.82) is 0 Å². The molecule has 29 heavy (non-hydrogen) atoms. The highest BCUT2D eigenvalue weighted by Crippen LogP contribution is 2.24. The Morgan fingerprint density at radius 3 is 2.48 bits per heavy atom. The molecule has 0 N–H and O–H groups in total. The van der Waals surface area contributed by atoms with Crippen molar-refractivity contribution in [2.24, 2.45) is 0 Å². The van der Waals surface area contributed by atoms with Gasteiger partial charge in [0.2, 0.25) is 0 Å². The van der Waals surface area contributed by atoms with Gasteiger partial charge in [0, 0.05) is 32.4 Å². The summed E-state index contributed by atoms with van der Waals surface area (Å²) >= 11 is 0. The summed E-state index contributed by atoms with van der Waals surface area (Å²) in [6.07, 6.45) is 2.85. The number of imidazole rings is 1. The lowest BCUT2D eigenvalue weighted by Gasteiger charge is -2.26. The van der Waals surface area contributed by atoms with Gasteiger partial charge in [-0.3, -0.25) is 9.20 Å². The molecule has 0 aliphatic carbocycles. The van der Waals surface area contributed by atoms with Crippen LogP contribution in [-0.4, -0.2) is 70.1 Å². The molecular weight excluding hydrogens is 372 g/mol. The van der Waals surface area contributed by atoms with Crippen molar-refractivity contribution in [1.82, 2.24) is 19.2 Å². The quantitative estimate of drug-likeness (QED) is 0.789. The Bertz CT molecular complexity index is 900.